The van der Waals surface area contributed by atoms with Crippen molar-refractivity contribution in [2.75, 3.05) is 6.61 Å². The fourth-order valence-electron chi connectivity index (χ4n) is 3.03. The smallest absolute Gasteiger partial charge is 0.0652 e. The maximum Gasteiger partial charge on any atom is 0.0652 e. The molecule has 0 radical (unpaired) electrons. The van der Waals surface area contributed by atoms with Crippen LogP contribution in [0.1, 0.15) is 49.3 Å². The summed E-state index contributed by atoms with van der Waals surface area (Å²) in [6.07, 6.45) is 5.10. The Kier molecular flexibility index (Phi) is 4.08. The number of hydrogen-bond donors (Lipinski definition) is 2. The molecule has 2 heteroatoms. The molecular weight excluding hydrogens is 222 g/mol. The van der Waals surface area contributed by atoms with Gasteiger partial charge in [-0.25, -0.2) is 0 Å². The standard InChI is InChI=1S/C16H25NO/c1-12-8-13(2)10-14(9-12)16(3,11-18)17-15-6-4-5-7-15/h8-10,15,17-18H,4-7,11H2,1-3H3. The van der Waals surface area contributed by atoms with Crippen LogP contribution >= 0.6 is 0 Å². The number of nitrogens with one attached hydrogen (secondary N) is 1. The van der Waals surface area contributed by atoms with Crippen LogP contribution in [-0.2, 0) is 5.54 Å². The van der Waals surface area contributed by atoms with Crippen molar-refractivity contribution < 1.29 is 5.11 Å². The SMILES string of the molecule is Cc1cc(C)cc(C(C)(CO)NC2CCCC2)c1. The summed E-state index contributed by atoms with van der Waals surface area (Å²) in [5, 5.41) is 13.5. The maximum absolute atomic E-state index is 9.82. The minimum atomic E-state index is -0.314. The molecule has 1 aromatic rings. The predicted molar refractivity (Wildman–Crippen MR) is 75.7 cm³/mol. The zero-order valence-electron chi connectivity index (χ0n) is 11.8. The lowest BCUT2D eigenvalue weighted by Crippen LogP contribution is -2.47. The highest BCUT2D eigenvalue weighted by molar-refractivity contribution is 5.33. The topological polar surface area (TPSA) is 32.3 Å². The van der Waals surface area contributed by atoms with Gasteiger partial charge >= 0.3 is 0 Å². The first-order chi connectivity index (χ1) is 8.53. The van der Waals surface area contributed by atoms with Crippen LogP contribution in [0.2, 0.25) is 0 Å². The monoisotopic (exact) mass is 247 g/mol. The van der Waals surface area contributed by atoms with Crippen LogP contribution in [0.15, 0.2) is 18.2 Å². The number of aliphatic hydroxyl groups is 1. The molecule has 1 aliphatic rings. The van der Waals surface area contributed by atoms with Gasteiger partial charge in [0.05, 0.1) is 12.1 Å². The van der Waals surface area contributed by atoms with Crippen LogP contribution in [-0.4, -0.2) is 17.8 Å². The minimum Gasteiger partial charge on any atom is -0.394 e. The highest BCUT2D eigenvalue weighted by atomic mass is 16.3. The van der Waals surface area contributed by atoms with Gasteiger partial charge in [0.2, 0.25) is 0 Å². The summed E-state index contributed by atoms with van der Waals surface area (Å²) in [5.41, 5.74) is 3.41. The van der Waals surface area contributed by atoms with Crippen LogP contribution in [0, 0.1) is 13.8 Å². The summed E-state index contributed by atoms with van der Waals surface area (Å²) in [6.45, 7) is 6.49. The quantitative estimate of drug-likeness (QED) is 0.857. The van der Waals surface area contributed by atoms with Crippen molar-refractivity contribution in [2.45, 2.75) is 58.0 Å². The Balaban J connectivity index is 2.23. The second-order valence-corrected chi connectivity index (χ2v) is 5.99. The molecular formula is C16H25NO. The fraction of sp³-hybridized carbons (Fsp3) is 0.625. The van der Waals surface area contributed by atoms with Crippen LogP contribution in [0.5, 0.6) is 0 Å². The van der Waals surface area contributed by atoms with Crippen LogP contribution < -0.4 is 5.32 Å². The first-order valence-corrected chi connectivity index (χ1v) is 7.01. The molecule has 1 unspecified atom stereocenters. The molecule has 1 fully saturated rings. The zero-order valence-corrected chi connectivity index (χ0v) is 11.8. The predicted octanol–water partition coefficient (Wildman–Crippen LogP) is 3.04. The van der Waals surface area contributed by atoms with Gasteiger partial charge in [0.25, 0.3) is 0 Å². The highest BCUT2D eigenvalue weighted by Crippen LogP contribution is 2.27. The molecule has 1 saturated carbocycles. The summed E-state index contributed by atoms with van der Waals surface area (Å²) in [5.74, 6) is 0. The molecule has 2 nitrogen and oxygen atoms in total. The number of hydrogen-bond acceptors (Lipinski definition) is 2. The lowest BCUT2D eigenvalue weighted by Gasteiger charge is -2.33. The Bertz CT molecular complexity index is 389. The highest BCUT2D eigenvalue weighted by Gasteiger charge is 2.30. The first kappa shape index (κ1) is 13.6. The Labute approximate surface area is 110 Å². The van der Waals surface area contributed by atoms with Gasteiger partial charge in [-0.15, -0.1) is 0 Å². The number of benzene rings is 1. The van der Waals surface area contributed by atoms with E-state index in [0.29, 0.717) is 6.04 Å². The molecule has 0 aromatic heterocycles. The van der Waals surface area contributed by atoms with E-state index in [9.17, 15) is 5.11 Å². The van der Waals surface area contributed by atoms with Crippen LogP contribution in [0.3, 0.4) is 0 Å². The fourth-order valence-corrected chi connectivity index (χ4v) is 3.03. The lowest BCUT2D eigenvalue weighted by atomic mass is 9.89. The van der Waals surface area contributed by atoms with Gasteiger partial charge in [-0.05, 0) is 39.2 Å². The third-order valence-corrected chi connectivity index (χ3v) is 4.05. The average Bonchev–Trinajstić information content (AvgIpc) is 2.80. The largest absolute Gasteiger partial charge is 0.394 e. The minimum absolute atomic E-state index is 0.145. The van der Waals surface area contributed by atoms with Crippen molar-refractivity contribution in [3.8, 4) is 0 Å². The Morgan fingerprint density at radius 2 is 1.72 bits per heavy atom. The van der Waals surface area contributed by atoms with Crippen LogP contribution in [0.4, 0.5) is 0 Å². The van der Waals surface area contributed by atoms with E-state index in [0.717, 1.165) is 0 Å². The van der Waals surface area contributed by atoms with Gasteiger partial charge in [0, 0.05) is 6.04 Å². The van der Waals surface area contributed by atoms with Gasteiger partial charge in [0.1, 0.15) is 0 Å². The molecule has 1 aliphatic carbocycles. The van der Waals surface area contributed by atoms with E-state index in [1.54, 1.807) is 0 Å². The van der Waals surface area contributed by atoms with Crippen LogP contribution in [0.25, 0.3) is 0 Å². The summed E-state index contributed by atoms with van der Waals surface area (Å²) in [7, 11) is 0. The van der Waals surface area contributed by atoms with Crippen molar-refractivity contribution in [3.63, 3.8) is 0 Å². The Hall–Kier alpha value is -0.860. The van der Waals surface area contributed by atoms with Gasteiger partial charge in [-0.2, -0.15) is 0 Å². The third-order valence-electron chi connectivity index (χ3n) is 4.05. The zero-order chi connectivity index (χ0) is 13.2. The van der Waals surface area contributed by atoms with E-state index in [2.05, 4.69) is 44.3 Å². The number of aliphatic hydroxyl groups excluding tert-OH is 1. The van der Waals surface area contributed by atoms with Crippen molar-refractivity contribution in [1.82, 2.24) is 5.32 Å². The van der Waals surface area contributed by atoms with Crippen molar-refractivity contribution in [2.24, 2.45) is 0 Å². The van der Waals surface area contributed by atoms with Gasteiger partial charge in [-0.1, -0.05) is 42.2 Å². The Morgan fingerprint density at radius 3 is 2.22 bits per heavy atom. The molecule has 0 spiro atoms. The van der Waals surface area contributed by atoms with E-state index in [1.807, 2.05) is 0 Å². The number of rotatable bonds is 4. The normalized spacial score (nSPS) is 20.0. The van der Waals surface area contributed by atoms with E-state index >= 15 is 0 Å². The second-order valence-electron chi connectivity index (χ2n) is 5.99. The molecule has 18 heavy (non-hydrogen) atoms. The van der Waals surface area contributed by atoms with Crippen molar-refractivity contribution >= 4 is 0 Å². The van der Waals surface area contributed by atoms with E-state index in [1.165, 1.54) is 42.4 Å². The molecule has 0 heterocycles. The number of aryl methyl sites for hydroxylation is 2. The molecule has 100 valence electrons. The molecule has 2 rings (SSSR count). The second kappa shape index (κ2) is 5.41. The summed E-state index contributed by atoms with van der Waals surface area (Å²) < 4.78 is 0. The summed E-state index contributed by atoms with van der Waals surface area (Å²) in [6, 6.07) is 7.11. The van der Waals surface area contributed by atoms with Crippen molar-refractivity contribution in [3.05, 3.63) is 34.9 Å². The molecule has 0 saturated heterocycles. The molecule has 2 N–H and O–H groups in total. The average molecular weight is 247 g/mol. The maximum atomic E-state index is 9.82. The Morgan fingerprint density at radius 1 is 1.17 bits per heavy atom. The van der Waals surface area contributed by atoms with E-state index < -0.39 is 0 Å². The molecule has 0 bridgehead atoms. The molecule has 1 aromatic carbocycles. The molecule has 0 aliphatic heterocycles. The van der Waals surface area contributed by atoms with E-state index in [-0.39, 0.29) is 12.1 Å². The first-order valence-electron chi connectivity index (χ1n) is 7.01. The summed E-state index contributed by atoms with van der Waals surface area (Å²) >= 11 is 0. The molecule has 1 atom stereocenters. The van der Waals surface area contributed by atoms with Gasteiger partial charge < -0.3 is 10.4 Å². The summed E-state index contributed by atoms with van der Waals surface area (Å²) in [4.78, 5) is 0. The lowest BCUT2D eigenvalue weighted by molar-refractivity contribution is 0.161. The molecule has 0 amide bonds. The van der Waals surface area contributed by atoms with Gasteiger partial charge in [-0.3, -0.25) is 0 Å². The van der Waals surface area contributed by atoms with Crippen molar-refractivity contribution in [1.29, 1.82) is 0 Å². The third kappa shape index (κ3) is 2.93. The van der Waals surface area contributed by atoms with Gasteiger partial charge in [0.15, 0.2) is 0 Å². The van der Waals surface area contributed by atoms with E-state index in [4.69, 9.17) is 0 Å².